The van der Waals surface area contributed by atoms with Crippen molar-refractivity contribution in [2.75, 3.05) is 11.1 Å². The van der Waals surface area contributed by atoms with Crippen LogP contribution >= 0.6 is 11.3 Å². The Morgan fingerprint density at radius 3 is 2.78 bits per heavy atom. The van der Waals surface area contributed by atoms with E-state index in [4.69, 9.17) is 20.8 Å². The van der Waals surface area contributed by atoms with Gasteiger partial charge in [0.1, 0.15) is 27.6 Å². The van der Waals surface area contributed by atoms with E-state index in [1.54, 1.807) is 6.92 Å². The van der Waals surface area contributed by atoms with E-state index >= 15 is 0 Å². The fourth-order valence-electron chi connectivity index (χ4n) is 1.33. The fraction of sp³-hybridized carbons (Fsp3) is 0.200. The van der Waals surface area contributed by atoms with Crippen LogP contribution in [0.4, 0.5) is 10.7 Å². The van der Waals surface area contributed by atoms with Gasteiger partial charge in [0.2, 0.25) is 5.89 Å². The van der Waals surface area contributed by atoms with Gasteiger partial charge < -0.3 is 15.6 Å². The number of hydrogen-bond donors (Lipinski definition) is 2. The smallest absolute Gasteiger partial charge is 0.245 e. The summed E-state index contributed by atoms with van der Waals surface area (Å²) < 4.78 is 4.92. The molecule has 0 amide bonds. The summed E-state index contributed by atoms with van der Waals surface area (Å²) in [5.41, 5.74) is 6.15. The van der Waals surface area contributed by atoms with Gasteiger partial charge in [0, 0.05) is 0 Å². The van der Waals surface area contributed by atoms with Gasteiger partial charge in [-0.3, -0.25) is 0 Å². The molecule has 90 valence electrons. The third-order valence-corrected chi connectivity index (χ3v) is 3.20. The Hall–Kier alpha value is -2.58. The second-order valence-corrected chi connectivity index (χ2v) is 4.38. The lowest BCUT2D eigenvalue weighted by Crippen LogP contribution is -2.00. The van der Waals surface area contributed by atoms with Crippen LogP contribution in [0.1, 0.15) is 22.2 Å². The molecule has 0 saturated heterocycles. The molecule has 2 heterocycles. The Morgan fingerprint density at radius 2 is 2.22 bits per heavy atom. The minimum absolute atomic E-state index is 0.203. The molecule has 0 saturated carbocycles. The van der Waals surface area contributed by atoms with Crippen molar-refractivity contribution in [3.05, 3.63) is 22.2 Å². The highest BCUT2D eigenvalue weighted by molar-refractivity contribution is 7.17. The van der Waals surface area contributed by atoms with Gasteiger partial charge >= 0.3 is 0 Å². The van der Waals surface area contributed by atoms with E-state index in [0.29, 0.717) is 21.6 Å². The maximum absolute atomic E-state index is 8.99. The lowest BCUT2D eigenvalue weighted by Gasteiger charge is -1.99. The second kappa shape index (κ2) is 4.73. The van der Waals surface area contributed by atoms with Crippen LogP contribution in [0.25, 0.3) is 0 Å². The van der Waals surface area contributed by atoms with Gasteiger partial charge in [-0.25, -0.2) is 0 Å². The number of hydrogen-bond acceptors (Lipinski definition) is 8. The Bertz CT molecular complexity index is 659. The molecule has 2 rings (SSSR count). The van der Waals surface area contributed by atoms with E-state index in [1.807, 2.05) is 12.1 Å². The third kappa shape index (κ3) is 2.10. The predicted octanol–water partition coefficient (Wildman–Crippen LogP) is 1.38. The van der Waals surface area contributed by atoms with Gasteiger partial charge in [0.25, 0.3) is 0 Å². The standard InChI is InChI=1S/C10H8N6OS/c1-5-15-8(17-16-5)4-14-10-6(2-11)9(13)7(3-12)18-10/h14H,4,13H2,1H3. The molecule has 0 aromatic carbocycles. The number of nitriles is 2. The zero-order valence-corrected chi connectivity index (χ0v) is 10.2. The van der Waals surface area contributed by atoms with Crippen LogP contribution in [0.5, 0.6) is 0 Å². The van der Waals surface area contributed by atoms with Gasteiger partial charge in [-0.2, -0.15) is 15.5 Å². The molecule has 8 heteroatoms. The number of thiophene rings is 1. The van der Waals surface area contributed by atoms with Gasteiger partial charge in [-0.1, -0.05) is 5.16 Å². The minimum atomic E-state index is 0.203. The topological polar surface area (TPSA) is 125 Å². The Balaban J connectivity index is 2.20. The maximum atomic E-state index is 8.99. The predicted molar refractivity (Wildman–Crippen MR) is 64.5 cm³/mol. The molecule has 0 aliphatic carbocycles. The van der Waals surface area contributed by atoms with Crippen molar-refractivity contribution in [1.82, 2.24) is 10.1 Å². The van der Waals surface area contributed by atoms with Crippen molar-refractivity contribution >= 4 is 22.0 Å². The van der Waals surface area contributed by atoms with Crippen molar-refractivity contribution in [3.8, 4) is 12.1 Å². The molecular weight excluding hydrogens is 252 g/mol. The number of nitrogen functional groups attached to an aromatic ring is 1. The van der Waals surface area contributed by atoms with Crippen molar-refractivity contribution in [2.45, 2.75) is 13.5 Å². The molecular formula is C10H8N6OS. The molecule has 3 N–H and O–H groups in total. The molecule has 0 radical (unpaired) electrons. The summed E-state index contributed by atoms with van der Waals surface area (Å²) in [5, 5.41) is 25.0. The van der Waals surface area contributed by atoms with Crippen LogP contribution in [0, 0.1) is 29.6 Å². The maximum Gasteiger partial charge on any atom is 0.245 e. The SMILES string of the molecule is Cc1noc(CNc2sc(C#N)c(N)c2C#N)n1. The molecule has 0 atom stereocenters. The fourth-order valence-corrected chi connectivity index (χ4v) is 2.19. The van der Waals surface area contributed by atoms with E-state index in [0.717, 1.165) is 11.3 Å². The highest BCUT2D eigenvalue weighted by Gasteiger charge is 2.16. The monoisotopic (exact) mass is 260 g/mol. The van der Waals surface area contributed by atoms with E-state index in [9.17, 15) is 0 Å². The van der Waals surface area contributed by atoms with Crippen LogP contribution in [0.3, 0.4) is 0 Å². The molecule has 0 spiro atoms. The number of anilines is 2. The number of nitrogens with two attached hydrogens (primary N) is 1. The summed E-state index contributed by atoms with van der Waals surface area (Å²) in [7, 11) is 0. The second-order valence-electron chi connectivity index (χ2n) is 3.36. The summed E-state index contributed by atoms with van der Waals surface area (Å²) in [6.45, 7) is 1.99. The number of rotatable bonds is 3. The molecule has 0 unspecified atom stereocenters. The number of aromatic nitrogens is 2. The molecule has 0 bridgehead atoms. The van der Waals surface area contributed by atoms with Gasteiger partial charge in [-0.15, -0.1) is 11.3 Å². The van der Waals surface area contributed by atoms with Crippen LogP contribution in [-0.2, 0) is 6.54 Å². The van der Waals surface area contributed by atoms with Crippen molar-refractivity contribution in [3.63, 3.8) is 0 Å². The first kappa shape index (κ1) is 11.9. The third-order valence-electron chi connectivity index (χ3n) is 2.13. The zero-order chi connectivity index (χ0) is 13.1. The Kier molecular flexibility index (Phi) is 3.13. The summed E-state index contributed by atoms with van der Waals surface area (Å²) in [6.07, 6.45) is 0. The van der Waals surface area contributed by atoms with E-state index in [1.165, 1.54) is 0 Å². The van der Waals surface area contributed by atoms with Crippen LogP contribution in [-0.4, -0.2) is 10.1 Å². The van der Waals surface area contributed by atoms with E-state index in [-0.39, 0.29) is 17.8 Å². The molecule has 2 aromatic rings. The molecule has 0 aliphatic heterocycles. The van der Waals surface area contributed by atoms with Crippen molar-refractivity contribution in [2.24, 2.45) is 0 Å². The lowest BCUT2D eigenvalue weighted by atomic mass is 10.2. The quantitative estimate of drug-likeness (QED) is 0.853. The van der Waals surface area contributed by atoms with E-state index < -0.39 is 0 Å². The first-order chi connectivity index (χ1) is 8.65. The summed E-state index contributed by atoms with van der Waals surface area (Å²) in [6, 6.07) is 3.91. The first-order valence-corrected chi connectivity index (χ1v) is 5.73. The highest BCUT2D eigenvalue weighted by Crippen LogP contribution is 2.34. The van der Waals surface area contributed by atoms with Crippen LogP contribution in [0.2, 0.25) is 0 Å². The minimum Gasteiger partial charge on any atom is -0.396 e. The zero-order valence-electron chi connectivity index (χ0n) is 9.39. The molecule has 0 aliphatic rings. The Morgan fingerprint density at radius 1 is 1.44 bits per heavy atom. The average Bonchev–Trinajstić information content (AvgIpc) is 2.90. The lowest BCUT2D eigenvalue weighted by molar-refractivity contribution is 0.379. The van der Waals surface area contributed by atoms with Crippen molar-refractivity contribution < 1.29 is 4.52 Å². The number of aryl methyl sites for hydroxylation is 1. The molecule has 0 fully saturated rings. The molecule has 7 nitrogen and oxygen atoms in total. The summed E-state index contributed by atoms with van der Waals surface area (Å²) in [4.78, 5) is 4.33. The van der Waals surface area contributed by atoms with Gasteiger partial charge in [0.15, 0.2) is 5.82 Å². The normalized spacial score (nSPS) is 9.72. The average molecular weight is 260 g/mol. The number of nitrogens with zero attached hydrogens (tertiary/aromatic N) is 4. The summed E-state index contributed by atoms with van der Waals surface area (Å²) in [5.74, 6) is 0.942. The van der Waals surface area contributed by atoms with E-state index in [2.05, 4.69) is 15.5 Å². The first-order valence-electron chi connectivity index (χ1n) is 4.91. The van der Waals surface area contributed by atoms with Gasteiger partial charge in [0.05, 0.1) is 12.2 Å². The summed E-state index contributed by atoms with van der Waals surface area (Å²) >= 11 is 1.13. The van der Waals surface area contributed by atoms with Crippen LogP contribution < -0.4 is 11.1 Å². The molecule has 18 heavy (non-hydrogen) atoms. The highest BCUT2D eigenvalue weighted by atomic mass is 32.1. The number of nitrogens with one attached hydrogen (secondary N) is 1. The van der Waals surface area contributed by atoms with Crippen LogP contribution in [0.15, 0.2) is 4.52 Å². The Labute approximate surface area is 106 Å². The van der Waals surface area contributed by atoms with Crippen molar-refractivity contribution in [1.29, 1.82) is 10.5 Å². The van der Waals surface area contributed by atoms with Gasteiger partial charge in [-0.05, 0) is 6.92 Å². The molecule has 2 aromatic heterocycles. The largest absolute Gasteiger partial charge is 0.396 e.